The number of nitrogens with zero attached hydrogens (tertiary/aromatic N) is 2. The van der Waals surface area contributed by atoms with Crippen LogP contribution in [0.2, 0.25) is 0 Å². The Morgan fingerprint density at radius 3 is 0.981 bits per heavy atom. The summed E-state index contributed by atoms with van der Waals surface area (Å²) < 4.78 is 0. The third kappa shape index (κ3) is 26.5. The predicted octanol–water partition coefficient (Wildman–Crippen LogP) is 8.14. The van der Waals surface area contributed by atoms with E-state index in [9.17, 15) is 19.8 Å². The molecule has 0 saturated carbocycles. The van der Waals surface area contributed by atoms with Gasteiger partial charge in [-0.05, 0) is 26.7 Å². The third-order valence-electron chi connectivity index (χ3n) is 8.51. The van der Waals surface area contributed by atoms with Gasteiger partial charge in [0.25, 0.3) is 0 Å². The molecule has 2 aromatic heterocycles. The van der Waals surface area contributed by atoms with Crippen LogP contribution in [0.25, 0.3) is 0 Å². The zero-order chi connectivity index (χ0) is 39.6. The van der Waals surface area contributed by atoms with Crippen LogP contribution in [0, 0.1) is 13.8 Å². The summed E-state index contributed by atoms with van der Waals surface area (Å²) in [4.78, 5) is 28.1. The summed E-state index contributed by atoms with van der Waals surface area (Å²) in [5.41, 5.74) is 2.53. The molecule has 8 N–H and O–H groups in total. The molecule has 0 aliphatic heterocycles. The first-order valence-electron chi connectivity index (χ1n) is 19.1. The van der Waals surface area contributed by atoms with Gasteiger partial charge in [-0.1, -0.05) is 117 Å². The van der Waals surface area contributed by atoms with Gasteiger partial charge in [0.1, 0.15) is 11.5 Å². The van der Waals surface area contributed by atoms with Gasteiger partial charge in [-0.15, -0.1) is 0 Å². The van der Waals surface area contributed by atoms with E-state index >= 15 is 0 Å². The van der Waals surface area contributed by atoms with Crippen molar-refractivity contribution in [2.24, 2.45) is 0 Å². The first-order valence-corrected chi connectivity index (χ1v) is 19.1. The maximum absolute atomic E-state index is 10.2. The summed E-state index contributed by atoms with van der Waals surface area (Å²) in [7, 11) is 0. The van der Waals surface area contributed by atoms with Crippen LogP contribution in [-0.2, 0) is 36.0 Å². The molecule has 0 saturated heterocycles. The molecule has 0 spiro atoms. The zero-order valence-electron chi connectivity index (χ0n) is 32.4. The number of aliphatic carboxylic acids is 2. The highest BCUT2D eigenvalue weighted by molar-refractivity contribution is 5.66. The Bertz CT molecular complexity index is 1100. The van der Waals surface area contributed by atoms with Crippen molar-refractivity contribution >= 4 is 11.9 Å². The molecule has 0 amide bonds. The number of carboxylic acid groups (broad SMARTS) is 2. The molecule has 12 heteroatoms. The van der Waals surface area contributed by atoms with E-state index in [0.717, 1.165) is 25.7 Å². The normalized spacial score (nSPS) is 10.3. The molecule has 2 heterocycles. The van der Waals surface area contributed by atoms with Crippen molar-refractivity contribution < 1.29 is 50.4 Å². The van der Waals surface area contributed by atoms with E-state index in [2.05, 4.69) is 23.8 Å². The van der Waals surface area contributed by atoms with E-state index in [0.29, 0.717) is 46.5 Å². The molecule has 0 bridgehead atoms. The molecule has 52 heavy (non-hydrogen) atoms. The average molecular weight is 739 g/mol. The lowest BCUT2D eigenvalue weighted by molar-refractivity contribution is -0.138. The molecule has 12 nitrogen and oxygen atoms in total. The average Bonchev–Trinajstić information content (AvgIpc) is 3.13. The molecule has 0 aromatic carbocycles. The van der Waals surface area contributed by atoms with E-state index in [1.165, 1.54) is 102 Å². The van der Waals surface area contributed by atoms with Gasteiger partial charge in [-0.2, -0.15) is 0 Å². The van der Waals surface area contributed by atoms with Gasteiger partial charge in [-0.3, -0.25) is 19.6 Å². The van der Waals surface area contributed by atoms with Crippen LogP contribution in [0.4, 0.5) is 0 Å². The molecule has 300 valence electrons. The van der Waals surface area contributed by atoms with Crippen molar-refractivity contribution in [1.29, 1.82) is 0 Å². The second-order valence-corrected chi connectivity index (χ2v) is 13.0. The minimum Gasteiger partial charge on any atom is -0.506 e. The lowest BCUT2D eigenvalue weighted by atomic mass is 10.1. The highest BCUT2D eigenvalue weighted by Gasteiger charge is 2.10. The molecule has 0 unspecified atom stereocenters. The maximum Gasteiger partial charge on any atom is 0.303 e. The first kappa shape index (κ1) is 50.8. The number of aryl methyl sites for hydroxylation is 2. The van der Waals surface area contributed by atoms with Gasteiger partial charge in [0.05, 0.1) is 37.8 Å². The van der Waals surface area contributed by atoms with Crippen LogP contribution in [0.5, 0.6) is 11.5 Å². The van der Waals surface area contributed by atoms with Crippen molar-refractivity contribution in [1.82, 2.24) is 9.97 Å². The van der Waals surface area contributed by atoms with Crippen molar-refractivity contribution in [3.8, 4) is 11.5 Å². The zero-order valence-corrected chi connectivity index (χ0v) is 32.4. The summed E-state index contributed by atoms with van der Waals surface area (Å²) in [5, 5.41) is 70.9. The Balaban J connectivity index is 0. The van der Waals surface area contributed by atoms with Gasteiger partial charge in [0.2, 0.25) is 0 Å². The second-order valence-electron chi connectivity index (χ2n) is 13.0. The molecular weight excluding hydrogens is 668 g/mol. The molecule has 0 aliphatic carbocycles. The van der Waals surface area contributed by atoms with E-state index in [1.807, 2.05) is 0 Å². The Labute approximate surface area is 312 Å². The number of rotatable bonds is 24. The fourth-order valence-corrected chi connectivity index (χ4v) is 5.17. The number of unbranched alkanes of at least 4 members (excludes halogenated alkanes) is 16. The second kappa shape index (κ2) is 34.7. The minimum absolute atomic E-state index is 0.0379. The molecule has 2 rings (SSSR count). The molecular formula is C40H70N2O10. The lowest BCUT2D eigenvalue weighted by Gasteiger charge is -2.07. The van der Waals surface area contributed by atoms with E-state index in [-0.39, 0.29) is 37.9 Å². The van der Waals surface area contributed by atoms with Crippen LogP contribution < -0.4 is 0 Å². The topological polar surface area (TPSA) is 222 Å². The summed E-state index contributed by atoms with van der Waals surface area (Å²) in [5.74, 6) is -1.39. The minimum atomic E-state index is -0.659. The van der Waals surface area contributed by atoms with Gasteiger partial charge in [-0.25, -0.2) is 0 Å². The number of aromatic hydroxyl groups is 2. The lowest BCUT2D eigenvalue weighted by Crippen LogP contribution is -1.98. The monoisotopic (exact) mass is 739 g/mol. The SMILES string of the molecule is CCCCCCCCCCCC(=O)O.CCCCCCCCCCCC(=O)O.Cc1ncc(CO)c(CO)c1O.Cc1ncc(CO)c(CO)c1O. The third-order valence-corrected chi connectivity index (χ3v) is 8.51. The van der Waals surface area contributed by atoms with Gasteiger partial charge in [0, 0.05) is 47.5 Å². The van der Waals surface area contributed by atoms with Crippen LogP contribution in [-0.4, -0.2) is 62.8 Å². The number of hydrogen-bond acceptors (Lipinski definition) is 10. The maximum atomic E-state index is 10.2. The van der Waals surface area contributed by atoms with Gasteiger partial charge < -0.3 is 40.9 Å². The smallest absolute Gasteiger partial charge is 0.303 e. The summed E-state index contributed by atoms with van der Waals surface area (Å²) in [6, 6.07) is 0. The highest BCUT2D eigenvalue weighted by atomic mass is 16.4. The van der Waals surface area contributed by atoms with E-state index < -0.39 is 11.9 Å². The highest BCUT2D eigenvalue weighted by Crippen LogP contribution is 2.24. The van der Waals surface area contributed by atoms with Gasteiger partial charge in [0.15, 0.2) is 0 Å². The van der Waals surface area contributed by atoms with Crippen LogP contribution >= 0.6 is 0 Å². The Morgan fingerprint density at radius 1 is 0.481 bits per heavy atom. The molecule has 0 fully saturated rings. The Hall–Kier alpha value is -3.32. The number of aliphatic hydroxyl groups is 4. The summed E-state index contributed by atoms with van der Waals surface area (Å²) >= 11 is 0. The van der Waals surface area contributed by atoms with Gasteiger partial charge >= 0.3 is 11.9 Å². The Morgan fingerprint density at radius 2 is 0.750 bits per heavy atom. The van der Waals surface area contributed by atoms with Crippen molar-refractivity contribution in [3.63, 3.8) is 0 Å². The fourth-order valence-electron chi connectivity index (χ4n) is 5.17. The molecule has 2 aromatic rings. The number of pyridine rings is 2. The fraction of sp³-hybridized carbons (Fsp3) is 0.700. The molecule has 0 aliphatic rings. The number of carbonyl (C=O) groups is 2. The predicted molar refractivity (Wildman–Crippen MR) is 204 cm³/mol. The quantitative estimate of drug-likeness (QED) is 0.0478. The van der Waals surface area contributed by atoms with Crippen molar-refractivity contribution in [3.05, 3.63) is 46.0 Å². The van der Waals surface area contributed by atoms with Crippen LogP contribution in [0.1, 0.15) is 176 Å². The first-order chi connectivity index (χ1) is 24.9. The van der Waals surface area contributed by atoms with E-state index in [4.69, 9.17) is 30.6 Å². The summed E-state index contributed by atoms with van der Waals surface area (Å²) in [6.07, 6.45) is 25.8. The van der Waals surface area contributed by atoms with Crippen LogP contribution in [0.15, 0.2) is 12.4 Å². The summed E-state index contributed by atoms with van der Waals surface area (Å²) in [6.45, 7) is 6.70. The number of carboxylic acids is 2. The van der Waals surface area contributed by atoms with Crippen LogP contribution in [0.3, 0.4) is 0 Å². The Kier molecular flexibility index (Phi) is 33.9. The van der Waals surface area contributed by atoms with E-state index in [1.54, 1.807) is 13.8 Å². The number of aliphatic hydroxyl groups excluding tert-OH is 4. The molecule has 0 atom stereocenters. The van der Waals surface area contributed by atoms with Crippen molar-refractivity contribution in [2.75, 3.05) is 0 Å². The number of hydrogen-bond donors (Lipinski definition) is 8. The molecule has 0 radical (unpaired) electrons. The number of aromatic nitrogens is 2. The largest absolute Gasteiger partial charge is 0.506 e. The standard InChI is InChI=1S/2C12H24O2.2C8H11NO3/c2*1-2-3-4-5-6-7-8-9-10-11-12(13)14;2*1-5-8(12)7(4-11)6(3-10)2-9-5/h2*2-11H2,1H3,(H,13,14);2*2,10-12H,3-4H2,1H3. The van der Waals surface area contributed by atoms with Crippen molar-refractivity contribution in [2.45, 2.75) is 183 Å².